The summed E-state index contributed by atoms with van der Waals surface area (Å²) in [4.78, 5) is 25.4. The van der Waals surface area contributed by atoms with Crippen LogP contribution >= 0.6 is 0 Å². The van der Waals surface area contributed by atoms with Crippen molar-refractivity contribution in [3.05, 3.63) is 204 Å². The highest BCUT2D eigenvalue weighted by Crippen LogP contribution is 2.38. The van der Waals surface area contributed by atoms with Crippen LogP contribution in [0.3, 0.4) is 0 Å². The van der Waals surface area contributed by atoms with Crippen molar-refractivity contribution in [1.82, 2.24) is 0 Å². The zero-order chi connectivity index (χ0) is 58.9. The van der Waals surface area contributed by atoms with E-state index in [4.69, 9.17) is 18.9 Å². The molecule has 0 bridgehead atoms. The highest BCUT2D eigenvalue weighted by Gasteiger charge is 2.19. The SMILES string of the molecule is CCCCCCc1ccc(-c2ccc(-c3ccc(OC(=O)CCCCCCOc4ccccc4-c4ccccc4OCCCCCCC(=O)Oc4ccc(-c5ccc(-c6ccc(CCCCCC)cc6)c(F)c5F)cc4)cc3)c(F)c2F)cc1. The minimum atomic E-state index is -0.920. The number of benzene rings is 8. The summed E-state index contributed by atoms with van der Waals surface area (Å²) in [5, 5.41) is 0. The van der Waals surface area contributed by atoms with Crippen LogP contribution in [0.4, 0.5) is 17.6 Å². The van der Waals surface area contributed by atoms with Crippen LogP contribution in [0.2, 0.25) is 0 Å². The van der Waals surface area contributed by atoms with Crippen LogP contribution in [0.25, 0.3) is 55.6 Å². The van der Waals surface area contributed by atoms with Crippen molar-refractivity contribution < 1.29 is 46.1 Å². The lowest BCUT2D eigenvalue weighted by molar-refractivity contribution is -0.135. The van der Waals surface area contributed by atoms with Crippen LogP contribution < -0.4 is 18.9 Å². The predicted molar refractivity (Wildman–Crippen MR) is 330 cm³/mol. The van der Waals surface area contributed by atoms with Crippen LogP contribution in [0, 0.1) is 23.3 Å². The first-order valence-electron chi connectivity index (χ1n) is 30.3. The molecular weight excluding hydrogens is 1060 g/mol. The molecule has 8 rings (SSSR count). The lowest BCUT2D eigenvalue weighted by atomic mass is 9.97. The lowest BCUT2D eigenvalue weighted by Gasteiger charge is -2.15. The number of esters is 2. The fourth-order valence-electron chi connectivity index (χ4n) is 10.4. The average Bonchev–Trinajstić information content (AvgIpc) is 3.08. The number of carbonyl (C=O) groups excluding carboxylic acids is 2. The van der Waals surface area contributed by atoms with E-state index in [1.54, 1.807) is 72.8 Å². The fourth-order valence-corrected chi connectivity index (χ4v) is 10.4. The molecule has 0 aliphatic carbocycles. The second-order valence-electron chi connectivity index (χ2n) is 21.6. The van der Waals surface area contributed by atoms with E-state index >= 15 is 17.6 Å². The first kappa shape index (κ1) is 62.1. The number of unbranched alkanes of at least 4 members (excludes halogenated alkanes) is 12. The summed E-state index contributed by atoms with van der Waals surface area (Å²) in [6, 6.07) is 50.4. The summed E-state index contributed by atoms with van der Waals surface area (Å²) >= 11 is 0. The van der Waals surface area contributed by atoms with Crippen molar-refractivity contribution in [3.8, 4) is 78.6 Å². The number of carbonyl (C=O) groups is 2. The van der Waals surface area contributed by atoms with E-state index in [1.165, 1.54) is 49.7 Å². The molecule has 10 heteroatoms. The molecule has 0 atom stereocenters. The molecule has 0 saturated carbocycles. The van der Waals surface area contributed by atoms with Crippen LogP contribution in [0.1, 0.15) is 141 Å². The smallest absolute Gasteiger partial charge is 0.311 e. The van der Waals surface area contributed by atoms with Gasteiger partial charge in [-0.3, -0.25) is 9.59 Å². The van der Waals surface area contributed by atoms with Crippen LogP contribution in [-0.4, -0.2) is 25.2 Å². The molecule has 0 unspecified atom stereocenters. The maximum Gasteiger partial charge on any atom is 0.311 e. The normalized spacial score (nSPS) is 11.2. The van der Waals surface area contributed by atoms with Crippen LogP contribution in [0.5, 0.6) is 23.0 Å². The molecule has 0 heterocycles. The molecule has 438 valence electrons. The Bertz CT molecular complexity index is 3110. The van der Waals surface area contributed by atoms with Gasteiger partial charge in [0.15, 0.2) is 23.3 Å². The molecule has 6 nitrogen and oxygen atoms in total. The number of ether oxygens (including phenoxy) is 4. The van der Waals surface area contributed by atoms with E-state index in [2.05, 4.69) is 13.8 Å². The van der Waals surface area contributed by atoms with Gasteiger partial charge in [-0.1, -0.05) is 212 Å². The van der Waals surface area contributed by atoms with Crippen molar-refractivity contribution in [2.75, 3.05) is 13.2 Å². The third-order valence-corrected chi connectivity index (χ3v) is 15.3. The zero-order valence-corrected chi connectivity index (χ0v) is 48.7. The van der Waals surface area contributed by atoms with Gasteiger partial charge in [-0.25, -0.2) is 17.6 Å². The van der Waals surface area contributed by atoms with Gasteiger partial charge in [-0.2, -0.15) is 0 Å². The number of para-hydroxylation sites is 2. The molecule has 8 aromatic carbocycles. The maximum absolute atomic E-state index is 15.4. The Kier molecular flexibility index (Phi) is 24.2. The predicted octanol–water partition coefficient (Wildman–Crippen LogP) is 20.7. The Balaban J connectivity index is 0.695. The molecular formula is C74H78F4O6. The summed E-state index contributed by atoms with van der Waals surface area (Å²) < 4.78 is 85.3. The summed E-state index contributed by atoms with van der Waals surface area (Å²) in [6.07, 6.45) is 18.1. The van der Waals surface area contributed by atoms with E-state index < -0.39 is 23.3 Å². The van der Waals surface area contributed by atoms with Gasteiger partial charge in [-0.15, -0.1) is 0 Å². The number of hydrogen-bond donors (Lipinski definition) is 0. The topological polar surface area (TPSA) is 71.1 Å². The molecule has 8 aromatic rings. The monoisotopic (exact) mass is 1140 g/mol. The lowest BCUT2D eigenvalue weighted by Crippen LogP contribution is -2.07. The van der Waals surface area contributed by atoms with Crippen LogP contribution in [-0.2, 0) is 22.4 Å². The Hall–Kier alpha value is -7.98. The minimum Gasteiger partial charge on any atom is -0.493 e. The molecule has 84 heavy (non-hydrogen) atoms. The molecule has 0 radical (unpaired) electrons. The third-order valence-electron chi connectivity index (χ3n) is 15.3. The molecule has 0 aromatic heterocycles. The summed E-state index contributed by atoms with van der Waals surface area (Å²) in [7, 11) is 0. The van der Waals surface area contributed by atoms with Gasteiger partial charge < -0.3 is 18.9 Å². The van der Waals surface area contributed by atoms with E-state index in [-0.39, 0.29) is 47.0 Å². The first-order valence-corrected chi connectivity index (χ1v) is 30.3. The molecule has 0 aliphatic rings. The van der Waals surface area contributed by atoms with Gasteiger partial charge in [0.05, 0.1) is 13.2 Å². The molecule has 0 amide bonds. The van der Waals surface area contributed by atoms with Gasteiger partial charge in [0, 0.05) is 46.2 Å². The van der Waals surface area contributed by atoms with Crippen molar-refractivity contribution in [1.29, 1.82) is 0 Å². The maximum atomic E-state index is 15.4. The number of rotatable bonds is 33. The van der Waals surface area contributed by atoms with E-state index in [0.717, 1.165) is 86.8 Å². The summed E-state index contributed by atoms with van der Waals surface area (Å²) in [5.74, 6) is -2.15. The van der Waals surface area contributed by atoms with Gasteiger partial charge in [-0.05, 0) is 121 Å². The Morgan fingerprint density at radius 3 is 0.976 bits per heavy atom. The van der Waals surface area contributed by atoms with E-state index in [9.17, 15) is 9.59 Å². The zero-order valence-electron chi connectivity index (χ0n) is 48.7. The number of hydrogen-bond acceptors (Lipinski definition) is 6. The Labute approximate surface area is 494 Å². The van der Waals surface area contributed by atoms with E-state index in [0.29, 0.717) is 59.8 Å². The third kappa shape index (κ3) is 18.0. The minimum absolute atomic E-state index is 0.136. The van der Waals surface area contributed by atoms with E-state index in [1.807, 2.05) is 97.1 Å². The molecule has 0 saturated heterocycles. The van der Waals surface area contributed by atoms with Crippen molar-refractivity contribution in [3.63, 3.8) is 0 Å². The van der Waals surface area contributed by atoms with Crippen LogP contribution in [0.15, 0.2) is 170 Å². The summed E-state index contributed by atoms with van der Waals surface area (Å²) in [6.45, 7) is 5.38. The molecule has 0 fully saturated rings. The highest BCUT2D eigenvalue weighted by molar-refractivity contribution is 5.77. The molecule has 0 N–H and O–H groups in total. The quantitative estimate of drug-likeness (QED) is 0.0177. The second kappa shape index (κ2) is 32.8. The highest BCUT2D eigenvalue weighted by atomic mass is 19.2. The largest absolute Gasteiger partial charge is 0.493 e. The number of halogens is 4. The second-order valence-corrected chi connectivity index (χ2v) is 21.6. The fraction of sp³-hybridized carbons (Fsp3) is 0.324. The van der Waals surface area contributed by atoms with Gasteiger partial charge in [0.1, 0.15) is 23.0 Å². The first-order chi connectivity index (χ1) is 41.1. The van der Waals surface area contributed by atoms with Crippen molar-refractivity contribution >= 4 is 11.9 Å². The molecule has 0 aliphatic heterocycles. The molecule has 0 spiro atoms. The number of aryl methyl sites for hydroxylation is 2. The Morgan fingerprint density at radius 1 is 0.321 bits per heavy atom. The van der Waals surface area contributed by atoms with Crippen molar-refractivity contribution in [2.24, 2.45) is 0 Å². The summed E-state index contributed by atoms with van der Waals surface area (Å²) in [5.41, 5.74) is 7.15. The standard InChI is InChI=1S/C74H78F4O6/c1-3-5-7-13-23-53-31-35-55(36-32-53)61-47-49-63(73(77)71(61)75)57-39-43-59(44-40-57)83-69(79)29-15-9-11-21-51-81-67-27-19-17-25-65(67)66-26-18-20-28-68(66)82-52-22-12-10-16-30-70(80)84-60-45-41-58(42-46-60)64-50-48-62(72(76)74(64)78)56-37-33-54(34-38-56)24-14-8-6-4-2/h17-20,25-28,31-50H,3-16,21-24,29-30,51-52H2,1-2H3. The van der Waals surface area contributed by atoms with Gasteiger partial charge in [0.25, 0.3) is 0 Å². The van der Waals surface area contributed by atoms with Crippen molar-refractivity contribution in [2.45, 2.75) is 142 Å². The average molecular weight is 1140 g/mol. The van der Waals surface area contributed by atoms with Gasteiger partial charge in [0.2, 0.25) is 0 Å². The van der Waals surface area contributed by atoms with Gasteiger partial charge >= 0.3 is 11.9 Å². The Morgan fingerprint density at radius 2 is 0.631 bits per heavy atom.